The van der Waals surface area contributed by atoms with Crippen molar-refractivity contribution in [3.05, 3.63) is 15.8 Å². The zero-order valence-electron chi connectivity index (χ0n) is 12.8. The molecule has 0 radical (unpaired) electrons. The molecule has 1 fully saturated rings. The molecule has 0 atom stereocenters. The maximum atomic E-state index is 11.9. The molecule has 1 aromatic heterocycles. The van der Waals surface area contributed by atoms with Gasteiger partial charge in [0.1, 0.15) is 5.75 Å². The number of carbonyl (C=O) groups is 2. The SMILES string of the molecule is CN(C(=O)COc1cc(C(C)(C)C)sc1C(=O)O)C1CC1. The second kappa shape index (κ2) is 5.67. The van der Waals surface area contributed by atoms with Crippen molar-refractivity contribution in [3.63, 3.8) is 0 Å². The third kappa shape index (κ3) is 3.75. The van der Waals surface area contributed by atoms with E-state index in [1.165, 1.54) is 11.3 Å². The molecule has 1 aliphatic rings. The number of nitrogens with zero attached hydrogens (tertiary/aromatic N) is 1. The van der Waals surface area contributed by atoms with Gasteiger partial charge in [0.15, 0.2) is 11.5 Å². The van der Waals surface area contributed by atoms with E-state index in [0.717, 1.165) is 17.7 Å². The Morgan fingerprint density at radius 3 is 2.52 bits per heavy atom. The summed E-state index contributed by atoms with van der Waals surface area (Å²) in [6.07, 6.45) is 2.07. The second-order valence-corrected chi connectivity index (χ2v) is 7.44. The highest BCUT2D eigenvalue weighted by atomic mass is 32.1. The standard InChI is InChI=1S/C15H21NO4S/c1-15(2,3)11-7-10(13(21-11)14(18)19)20-8-12(17)16(4)9-5-6-9/h7,9H,5-6,8H2,1-4H3,(H,18,19). The fourth-order valence-electron chi connectivity index (χ4n) is 1.91. The van der Waals surface area contributed by atoms with E-state index in [9.17, 15) is 14.7 Å². The van der Waals surface area contributed by atoms with E-state index in [1.54, 1.807) is 18.0 Å². The molecule has 1 saturated carbocycles. The molecule has 2 rings (SSSR count). The Morgan fingerprint density at radius 1 is 1.43 bits per heavy atom. The predicted octanol–water partition coefficient (Wildman–Crippen LogP) is 2.74. The number of thiophene rings is 1. The van der Waals surface area contributed by atoms with Crippen molar-refractivity contribution in [2.24, 2.45) is 0 Å². The number of hydrogen-bond donors (Lipinski definition) is 1. The summed E-state index contributed by atoms with van der Waals surface area (Å²) in [7, 11) is 1.76. The van der Waals surface area contributed by atoms with Crippen molar-refractivity contribution >= 4 is 23.2 Å². The maximum Gasteiger partial charge on any atom is 0.349 e. The van der Waals surface area contributed by atoms with Crippen molar-refractivity contribution in [3.8, 4) is 5.75 Å². The summed E-state index contributed by atoms with van der Waals surface area (Å²) in [5.74, 6) is -0.846. The van der Waals surface area contributed by atoms with Gasteiger partial charge in [0.2, 0.25) is 0 Å². The van der Waals surface area contributed by atoms with Gasteiger partial charge in [0.05, 0.1) is 0 Å². The first kappa shape index (κ1) is 15.8. The summed E-state index contributed by atoms with van der Waals surface area (Å²) in [5.41, 5.74) is -0.148. The average Bonchev–Trinajstić information content (AvgIpc) is 3.12. The third-order valence-electron chi connectivity index (χ3n) is 3.47. The zero-order chi connectivity index (χ0) is 15.8. The van der Waals surface area contributed by atoms with Gasteiger partial charge in [-0.05, 0) is 24.3 Å². The Balaban J connectivity index is 2.09. The number of carboxylic acid groups (broad SMARTS) is 1. The lowest BCUT2D eigenvalue weighted by molar-refractivity contribution is -0.132. The van der Waals surface area contributed by atoms with Crippen molar-refractivity contribution in [1.29, 1.82) is 0 Å². The van der Waals surface area contributed by atoms with Crippen LogP contribution in [0.25, 0.3) is 0 Å². The minimum atomic E-state index is -1.02. The van der Waals surface area contributed by atoms with Gasteiger partial charge in [-0.25, -0.2) is 4.79 Å². The van der Waals surface area contributed by atoms with Crippen molar-refractivity contribution in [2.45, 2.75) is 45.1 Å². The molecule has 0 aromatic carbocycles. The van der Waals surface area contributed by atoms with Crippen molar-refractivity contribution < 1.29 is 19.4 Å². The number of carboxylic acids is 1. The van der Waals surface area contributed by atoms with Crippen LogP contribution >= 0.6 is 11.3 Å². The molecule has 1 N–H and O–H groups in total. The minimum Gasteiger partial charge on any atom is -0.482 e. The van der Waals surface area contributed by atoms with Crippen LogP contribution in [-0.4, -0.2) is 41.6 Å². The highest BCUT2D eigenvalue weighted by Crippen LogP contribution is 2.37. The molecule has 1 amide bonds. The average molecular weight is 311 g/mol. The summed E-state index contributed by atoms with van der Waals surface area (Å²) in [5, 5.41) is 9.25. The highest BCUT2D eigenvalue weighted by molar-refractivity contribution is 7.14. The van der Waals surface area contributed by atoms with E-state index in [4.69, 9.17) is 4.74 Å². The van der Waals surface area contributed by atoms with Crippen LogP contribution in [0.5, 0.6) is 5.75 Å². The van der Waals surface area contributed by atoms with E-state index in [-0.39, 0.29) is 28.6 Å². The summed E-state index contributed by atoms with van der Waals surface area (Å²) in [6, 6.07) is 2.06. The van der Waals surface area contributed by atoms with Crippen LogP contribution in [0, 0.1) is 0 Å². The molecule has 6 heteroatoms. The first-order chi connectivity index (χ1) is 9.70. The third-order valence-corrected chi connectivity index (χ3v) is 5.00. The molecule has 0 spiro atoms. The molecule has 0 aliphatic heterocycles. The number of ether oxygens (including phenoxy) is 1. The second-order valence-electron chi connectivity index (χ2n) is 6.38. The summed E-state index contributed by atoms with van der Waals surface area (Å²) in [6.45, 7) is 5.92. The minimum absolute atomic E-state index is 0.114. The molecule has 1 aromatic rings. The lowest BCUT2D eigenvalue weighted by Crippen LogP contribution is -2.33. The van der Waals surface area contributed by atoms with Gasteiger partial charge in [-0.1, -0.05) is 20.8 Å². The molecule has 0 unspecified atom stereocenters. The fourth-order valence-corrected chi connectivity index (χ4v) is 2.90. The molecule has 1 aliphatic carbocycles. The first-order valence-electron chi connectivity index (χ1n) is 6.96. The molecular weight excluding hydrogens is 290 g/mol. The molecule has 21 heavy (non-hydrogen) atoms. The van der Waals surface area contributed by atoms with E-state index in [1.807, 2.05) is 20.8 Å². The Hall–Kier alpha value is -1.56. The van der Waals surface area contributed by atoms with Gasteiger partial charge >= 0.3 is 5.97 Å². The Morgan fingerprint density at radius 2 is 2.05 bits per heavy atom. The quantitative estimate of drug-likeness (QED) is 0.908. The zero-order valence-corrected chi connectivity index (χ0v) is 13.6. The molecule has 5 nitrogen and oxygen atoms in total. The van der Waals surface area contributed by atoms with Gasteiger partial charge in [0.25, 0.3) is 5.91 Å². The van der Waals surface area contributed by atoms with Gasteiger partial charge in [-0.2, -0.15) is 0 Å². The number of carbonyl (C=O) groups excluding carboxylic acids is 1. The van der Waals surface area contributed by atoms with Crippen LogP contribution in [0.3, 0.4) is 0 Å². The summed E-state index contributed by atoms with van der Waals surface area (Å²) in [4.78, 5) is 26.0. The van der Waals surface area contributed by atoms with E-state index in [2.05, 4.69) is 0 Å². The topological polar surface area (TPSA) is 66.8 Å². The largest absolute Gasteiger partial charge is 0.482 e. The predicted molar refractivity (Wildman–Crippen MR) is 81.3 cm³/mol. The van der Waals surface area contributed by atoms with Crippen LogP contribution in [0.2, 0.25) is 0 Å². The van der Waals surface area contributed by atoms with E-state index < -0.39 is 5.97 Å². The van der Waals surface area contributed by atoms with E-state index in [0.29, 0.717) is 6.04 Å². The lowest BCUT2D eigenvalue weighted by Gasteiger charge is -2.16. The van der Waals surface area contributed by atoms with Gasteiger partial charge in [-0.15, -0.1) is 11.3 Å². The molecule has 116 valence electrons. The summed E-state index contributed by atoms with van der Waals surface area (Å²) >= 11 is 1.20. The van der Waals surface area contributed by atoms with Gasteiger partial charge in [0, 0.05) is 18.0 Å². The Bertz CT molecular complexity index is 555. The molecule has 0 saturated heterocycles. The van der Waals surface area contributed by atoms with Crippen LogP contribution in [-0.2, 0) is 10.2 Å². The number of amides is 1. The van der Waals surface area contributed by atoms with Crippen molar-refractivity contribution in [2.75, 3.05) is 13.7 Å². The normalized spacial score (nSPS) is 14.9. The van der Waals surface area contributed by atoms with Crippen LogP contribution in [0.4, 0.5) is 0 Å². The molecule has 1 heterocycles. The van der Waals surface area contributed by atoms with E-state index >= 15 is 0 Å². The lowest BCUT2D eigenvalue weighted by atomic mass is 9.95. The number of rotatable bonds is 5. The first-order valence-corrected chi connectivity index (χ1v) is 7.78. The van der Waals surface area contributed by atoms with Gasteiger partial charge in [-0.3, -0.25) is 4.79 Å². The maximum absolute atomic E-state index is 11.9. The number of aromatic carboxylic acids is 1. The summed E-state index contributed by atoms with van der Waals surface area (Å²) < 4.78 is 5.47. The highest BCUT2D eigenvalue weighted by Gasteiger charge is 2.30. The van der Waals surface area contributed by atoms with Crippen molar-refractivity contribution in [1.82, 2.24) is 4.90 Å². The molecule has 0 bridgehead atoms. The van der Waals surface area contributed by atoms with Gasteiger partial charge < -0.3 is 14.7 Å². The fraction of sp³-hybridized carbons (Fsp3) is 0.600. The Labute approximate surface area is 128 Å². The molecular formula is C15H21NO4S. The van der Waals surface area contributed by atoms with Crippen LogP contribution in [0.1, 0.15) is 48.2 Å². The number of likely N-dealkylation sites (N-methyl/N-ethyl adjacent to an activating group) is 1. The van der Waals surface area contributed by atoms with Crippen LogP contribution in [0.15, 0.2) is 6.07 Å². The monoisotopic (exact) mass is 311 g/mol. The smallest absolute Gasteiger partial charge is 0.349 e. The number of hydrogen-bond acceptors (Lipinski definition) is 4. The Kier molecular flexibility index (Phi) is 4.27. The van der Waals surface area contributed by atoms with Crippen LogP contribution < -0.4 is 4.74 Å².